The molecular formula is C30H50O. The summed E-state index contributed by atoms with van der Waals surface area (Å²) in [7, 11) is 0. The fraction of sp³-hybridized carbons (Fsp3) is 0.867. The van der Waals surface area contributed by atoms with Gasteiger partial charge in [0.15, 0.2) is 0 Å². The summed E-state index contributed by atoms with van der Waals surface area (Å²) < 4.78 is 0. The van der Waals surface area contributed by atoms with Gasteiger partial charge in [-0.1, -0.05) is 56.9 Å². The van der Waals surface area contributed by atoms with Crippen LogP contribution in [0.15, 0.2) is 22.3 Å². The average molecular weight is 427 g/mol. The van der Waals surface area contributed by atoms with E-state index < -0.39 is 0 Å². The van der Waals surface area contributed by atoms with Crippen LogP contribution in [-0.4, -0.2) is 11.2 Å². The largest absolute Gasteiger partial charge is 0.393 e. The SMILES string of the molecule is CC(CC[C@@H](C)[C@H]1CC[C@H]2C3=C(CC[C@]12C)[C@@]1(C)CCC(O)CC1CC3)=C(C)C(C)C. The molecule has 1 N–H and O–H groups in total. The van der Waals surface area contributed by atoms with Crippen LogP contribution < -0.4 is 0 Å². The Morgan fingerprint density at radius 2 is 1.74 bits per heavy atom. The van der Waals surface area contributed by atoms with Crippen molar-refractivity contribution >= 4 is 0 Å². The van der Waals surface area contributed by atoms with Crippen molar-refractivity contribution in [1.29, 1.82) is 0 Å². The van der Waals surface area contributed by atoms with E-state index in [0.717, 1.165) is 36.5 Å². The molecule has 0 radical (unpaired) electrons. The molecule has 2 saturated carbocycles. The summed E-state index contributed by atoms with van der Waals surface area (Å²) in [4.78, 5) is 0. The molecule has 4 aliphatic rings. The van der Waals surface area contributed by atoms with E-state index in [1.54, 1.807) is 11.1 Å². The van der Waals surface area contributed by atoms with Crippen LogP contribution in [0.2, 0.25) is 0 Å². The Morgan fingerprint density at radius 1 is 1.00 bits per heavy atom. The van der Waals surface area contributed by atoms with Gasteiger partial charge >= 0.3 is 0 Å². The molecular weight excluding hydrogens is 376 g/mol. The van der Waals surface area contributed by atoms with Crippen molar-refractivity contribution in [3.63, 3.8) is 0 Å². The van der Waals surface area contributed by atoms with Gasteiger partial charge in [-0.3, -0.25) is 0 Å². The lowest BCUT2D eigenvalue weighted by Gasteiger charge is -2.55. The van der Waals surface area contributed by atoms with Gasteiger partial charge in [-0.25, -0.2) is 0 Å². The molecule has 0 aromatic heterocycles. The first-order valence-corrected chi connectivity index (χ1v) is 13.6. The Kier molecular flexibility index (Phi) is 6.59. The summed E-state index contributed by atoms with van der Waals surface area (Å²) in [6.45, 7) is 17.2. The normalized spacial score (nSPS) is 42.1. The quantitative estimate of drug-likeness (QED) is 0.437. The molecule has 176 valence electrons. The van der Waals surface area contributed by atoms with Gasteiger partial charge < -0.3 is 5.11 Å². The van der Waals surface area contributed by atoms with Crippen molar-refractivity contribution < 1.29 is 5.11 Å². The van der Waals surface area contributed by atoms with Crippen molar-refractivity contribution in [3.05, 3.63) is 22.3 Å². The van der Waals surface area contributed by atoms with Crippen molar-refractivity contribution in [2.45, 2.75) is 125 Å². The number of hydrogen-bond acceptors (Lipinski definition) is 1. The van der Waals surface area contributed by atoms with Crippen LogP contribution in [0, 0.1) is 40.4 Å². The minimum Gasteiger partial charge on any atom is -0.393 e. The van der Waals surface area contributed by atoms with Crippen LogP contribution >= 0.6 is 0 Å². The Hall–Kier alpha value is -0.560. The predicted molar refractivity (Wildman–Crippen MR) is 133 cm³/mol. The molecule has 1 heteroatoms. The number of hydrogen-bond donors (Lipinski definition) is 1. The monoisotopic (exact) mass is 426 g/mol. The smallest absolute Gasteiger partial charge is 0.0543 e. The van der Waals surface area contributed by atoms with E-state index in [2.05, 4.69) is 48.5 Å². The maximum atomic E-state index is 10.3. The third-order valence-corrected chi connectivity index (χ3v) is 11.2. The number of aliphatic hydroxyl groups excluding tert-OH is 1. The molecule has 0 aliphatic heterocycles. The minimum absolute atomic E-state index is 0.0392. The molecule has 31 heavy (non-hydrogen) atoms. The van der Waals surface area contributed by atoms with E-state index in [9.17, 15) is 5.11 Å². The molecule has 4 aliphatic carbocycles. The van der Waals surface area contributed by atoms with E-state index >= 15 is 0 Å². The van der Waals surface area contributed by atoms with E-state index in [0.29, 0.717) is 16.7 Å². The maximum absolute atomic E-state index is 10.3. The third kappa shape index (κ3) is 4.00. The number of fused-ring (bicyclic) bond motifs is 4. The van der Waals surface area contributed by atoms with Crippen molar-refractivity contribution in [1.82, 2.24) is 0 Å². The minimum atomic E-state index is -0.0392. The Labute approximate surface area is 193 Å². The van der Waals surface area contributed by atoms with Gasteiger partial charge in [-0.15, -0.1) is 0 Å². The molecule has 2 fully saturated rings. The molecule has 2 unspecified atom stereocenters. The van der Waals surface area contributed by atoms with Gasteiger partial charge in [0.05, 0.1) is 6.10 Å². The van der Waals surface area contributed by atoms with E-state index in [1.807, 2.05) is 11.1 Å². The summed E-state index contributed by atoms with van der Waals surface area (Å²) in [5.41, 5.74) is 7.95. The first-order valence-electron chi connectivity index (χ1n) is 13.6. The highest BCUT2D eigenvalue weighted by atomic mass is 16.3. The zero-order valence-electron chi connectivity index (χ0n) is 21.7. The van der Waals surface area contributed by atoms with Crippen LogP contribution in [0.1, 0.15) is 119 Å². The Bertz CT molecular complexity index is 742. The Morgan fingerprint density at radius 3 is 2.45 bits per heavy atom. The topological polar surface area (TPSA) is 20.2 Å². The highest BCUT2D eigenvalue weighted by molar-refractivity contribution is 5.34. The molecule has 0 saturated heterocycles. The summed E-state index contributed by atoms with van der Waals surface area (Å²) in [6, 6.07) is 0. The van der Waals surface area contributed by atoms with Crippen molar-refractivity contribution in [2.75, 3.05) is 0 Å². The lowest BCUT2D eigenvalue weighted by atomic mass is 9.50. The van der Waals surface area contributed by atoms with Gasteiger partial charge in [-0.05, 0) is 125 Å². The lowest BCUT2D eigenvalue weighted by Crippen LogP contribution is -2.45. The zero-order valence-corrected chi connectivity index (χ0v) is 21.7. The molecule has 4 rings (SSSR count). The van der Waals surface area contributed by atoms with Crippen LogP contribution in [0.4, 0.5) is 0 Å². The second kappa shape index (κ2) is 8.66. The van der Waals surface area contributed by atoms with E-state index in [-0.39, 0.29) is 6.10 Å². The first-order chi connectivity index (χ1) is 14.6. The highest BCUT2D eigenvalue weighted by Crippen LogP contribution is 2.66. The molecule has 7 atom stereocenters. The summed E-state index contributed by atoms with van der Waals surface area (Å²) in [5, 5.41) is 10.3. The van der Waals surface area contributed by atoms with Gasteiger partial charge in [0.25, 0.3) is 0 Å². The van der Waals surface area contributed by atoms with Gasteiger partial charge in [0.2, 0.25) is 0 Å². The molecule has 0 bridgehead atoms. The molecule has 0 aromatic rings. The number of aliphatic hydroxyl groups is 1. The second-order valence-corrected chi connectivity index (χ2v) is 13.0. The Balaban J connectivity index is 1.51. The first kappa shape index (κ1) is 23.6. The molecule has 0 amide bonds. The molecule has 0 spiro atoms. The zero-order chi connectivity index (χ0) is 22.6. The van der Waals surface area contributed by atoms with Crippen LogP contribution in [0.5, 0.6) is 0 Å². The number of allylic oxidation sites excluding steroid dienone is 4. The lowest BCUT2D eigenvalue weighted by molar-refractivity contribution is 0.0133. The van der Waals surface area contributed by atoms with Gasteiger partial charge in [-0.2, -0.15) is 0 Å². The van der Waals surface area contributed by atoms with Crippen molar-refractivity contribution in [2.24, 2.45) is 40.4 Å². The standard InChI is InChI=1S/C30H50O/c1-19(2)22(5)20(3)8-9-21(4)26-12-13-27-25-11-10-23-18-24(31)14-16-29(23,6)28(25)15-17-30(26,27)7/h19,21,23-24,26-27,31H,8-18H2,1-7H3/t21-,23?,24?,26-,27+,29+,30-/m1/s1. The fourth-order valence-corrected chi connectivity index (χ4v) is 8.75. The van der Waals surface area contributed by atoms with Gasteiger partial charge in [0, 0.05) is 0 Å². The molecule has 0 aromatic carbocycles. The van der Waals surface area contributed by atoms with Crippen LogP contribution in [-0.2, 0) is 0 Å². The second-order valence-electron chi connectivity index (χ2n) is 13.0. The molecule has 1 nitrogen and oxygen atoms in total. The predicted octanol–water partition coefficient (Wildman–Crippen LogP) is 8.48. The van der Waals surface area contributed by atoms with Crippen LogP contribution in [0.25, 0.3) is 0 Å². The van der Waals surface area contributed by atoms with Crippen LogP contribution in [0.3, 0.4) is 0 Å². The summed E-state index contributed by atoms with van der Waals surface area (Å²) in [6.07, 6.45) is 14.2. The number of rotatable bonds is 5. The molecule has 0 heterocycles. The average Bonchev–Trinajstić information content (AvgIpc) is 3.09. The van der Waals surface area contributed by atoms with E-state index in [4.69, 9.17) is 0 Å². The fourth-order valence-electron chi connectivity index (χ4n) is 8.75. The highest BCUT2D eigenvalue weighted by Gasteiger charge is 2.55. The maximum Gasteiger partial charge on any atom is 0.0543 e. The third-order valence-electron chi connectivity index (χ3n) is 11.2. The van der Waals surface area contributed by atoms with Gasteiger partial charge in [0.1, 0.15) is 0 Å². The van der Waals surface area contributed by atoms with E-state index in [1.165, 1.54) is 57.8 Å². The van der Waals surface area contributed by atoms with Crippen molar-refractivity contribution in [3.8, 4) is 0 Å². The summed E-state index contributed by atoms with van der Waals surface area (Å²) >= 11 is 0. The summed E-state index contributed by atoms with van der Waals surface area (Å²) in [5.74, 6) is 4.00.